The van der Waals surface area contributed by atoms with Crippen molar-refractivity contribution in [1.29, 1.82) is 0 Å². The van der Waals surface area contributed by atoms with Gasteiger partial charge in [-0.25, -0.2) is 9.37 Å². The fraction of sp³-hybridized carbons (Fsp3) is 0.290. The van der Waals surface area contributed by atoms with E-state index >= 15 is 0 Å². The van der Waals surface area contributed by atoms with E-state index in [0.29, 0.717) is 35.1 Å². The van der Waals surface area contributed by atoms with Gasteiger partial charge in [0.15, 0.2) is 5.78 Å². The molecule has 0 saturated heterocycles. The lowest BCUT2D eigenvalue weighted by atomic mass is 9.86. The third-order valence-corrected chi connectivity index (χ3v) is 7.26. The molecule has 3 aromatic carbocycles. The molecule has 2 N–H and O–H groups in total. The van der Waals surface area contributed by atoms with E-state index in [1.54, 1.807) is 24.3 Å². The number of para-hydroxylation sites is 1. The molecule has 1 saturated carbocycles. The third-order valence-electron chi connectivity index (χ3n) is 7.26. The number of carbonyl (C=O) groups excluding carboxylic acids is 2. The number of hydrogen-bond donors (Lipinski definition) is 2. The number of halogens is 1. The maximum atomic E-state index is 13.3. The van der Waals surface area contributed by atoms with Crippen LogP contribution in [0.15, 0.2) is 72.8 Å². The van der Waals surface area contributed by atoms with Gasteiger partial charge in [-0.1, -0.05) is 30.3 Å². The smallest absolute Gasteiger partial charge is 0.252 e. The van der Waals surface area contributed by atoms with Gasteiger partial charge in [-0.2, -0.15) is 4.98 Å². The second-order valence-corrected chi connectivity index (χ2v) is 10.2. The molecule has 0 atom stereocenters. The lowest BCUT2D eigenvalue weighted by molar-refractivity contribution is 0.0932. The highest BCUT2D eigenvalue weighted by Crippen LogP contribution is 2.28. The first-order chi connectivity index (χ1) is 18.9. The Morgan fingerprint density at radius 3 is 2.26 bits per heavy atom. The van der Waals surface area contributed by atoms with E-state index in [1.807, 2.05) is 43.3 Å². The number of carbonyl (C=O) groups is 2. The Morgan fingerprint density at radius 1 is 0.872 bits per heavy atom. The van der Waals surface area contributed by atoms with Crippen LogP contribution in [0, 0.1) is 11.7 Å². The Bertz CT molecular complexity index is 1480. The van der Waals surface area contributed by atoms with Gasteiger partial charge in [0.1, 0.15) is 11.6 Å². The summed E-state index contributed by atoms with van der Waals surface area (Å²) in [5.41, 5.74) is 1.89. The maximum absolute atomic E-state index is 13.3. The molecule has 5 rings (SSSR count). The largest absolute Gasteiger partial charge is 0.362 e. The van der Waals surface area contributed by atoms with E-state index in [9.17, 15) is 14.0 Å². The number of benzene rings is 3. The summed E-state index contributed by atoms with van der Waals surface area (Å²) in [6.07, 6.45) is 3.83. The van der Waals surface area contributed by atoms with Gasteiger partial charge in [0.25, 0.3) is 5.91 Å². The zero-order valence-electron chi connectivity index (χ0n) is 22.2. The maximum Gasteiger partial charge on any atom is 0.252 e. The minimum Gasteiger partial charge on any atom is -0.362 e. The fourth-order valence-corrected chi connectivity index (χ4v) is 5.13. The van der Waals surface area contributed by atoms with Gasteiger partial charge in [-0.05, 0) is 74.1 Å². The number of nitrogens with zero attached hydrogens (tertiary/aromatic N) is 3. The van der Waals surface area contributed by atoms with Gasteiger partial charge in [-0.3, -0.25) is 9.59 Å². The van der Waals surface area contributed by atoms with Crippen LogP contribution in [-0.4, -0.2) is 48.3 Å². The van der Waals surface area contributed by atoms with Gasteiger partial charge in [-0.15, -0.1) is 0 Å². The number of hydrogen-bond acceptors (Lipinski definition) is 6. The number of fused-ring (bicyclic) bond motifs is 1. The van der Waals surface area contributed by atoms with Gasteiger partial charge in [0.05, 0.1) is 11.1 Å². The van der Waals surface area contributed by atoms with Crippen molar-refractivity contribution in [1.82, 2.24) is 15.3 Å². The molecule has 39 heavy (non-hydrogen) atoms. The molecule has 0 unspecified atom stereocenters. The molecule has 200 valence electrons. The Labute approximate surface area is 227 Å². The summed E-state index contributed by atoms with van der Waals surface area (Å²) >= 11 is 0. The highest BCUT2D eigenvalue weighted by molar-refractivity contribution is 6.15. The fourth-order valence-electron chi connectivity index (χ4n) is 5.13. The molecule has 8 heteroatoms. The molecule has 0 spiro atoms. The van der Waals surface area contributed by atoms with Crippen molar-refractivity contribution < 1.29 is 14.0 Å². The predicted molar refractivity (Wildman–Crippen MR) is 152 cm³/mol. The number of aromatic nitrogens is 2. The number of anilines is 2. The highest BCUT2D eigenvalue weighted by Gasteiger charge is 2.24. The quantitative estimate of drug-likeness (QED) is 0.297. The average Bonchev–Trinajstić information content (AvgIpc) is 2.96. The van der Waals surface area contributed by atoms with Crippen LogP contribution in [0.5, 0.6) is 0 Å². The highest BCUT2D eigenvalue weighted by atomic mass is 19.1. The van der Waals surface area contributed by atoms with Crippen LogP contribution in [0.4, 0.5) is 16.2 Å². The molecule has 0 bridgehead atoms. The van der Waals surface area contributed by atoms with Crippen LogP contribution in [0.3, 0.4) is 0 Å². The van der Waals surface area contributed by atoms with Gasteiger partial charge < -0.3 is 15.5 Å². The van der Waals surface area contributed by atoms with E-state index < -0.39 is 5.82 Å². The van der Waals surface area contributed by atoms with Gasteiger partial charge >= 0.3 is 0 Å². The predicted octanol–water partition coefficient (Wildman–Crippen LogP) is 5.47. The normalized spacial score (nSPS) is 17.0. The van der Waals surface area contributed by atoms with Gasteiger partial charge in [0.2, 0.25) is 5.95 Å². The molecule has 1 fully saturated rings. The van der Waals surface area contributed by atoms with Crippen LogP contribution < -0.4 is 15.5 Å². The zero-order chi connectivity index (χ0) is 27.4. The molecule has 1 amide bonds. The van der Waals surface area contributed by atoms with Crippen molar-refractivity contribution in [2.45, 2.75) is 31.7 Å². The van der Waals surface area contributed by atoms with Crippen LogP contribution in [0.2, 0.25) is 0 Å². The van der Waals surface area contributed by atoms with Crippen LogP contribution in [0.25, 0.3) is 10.9 Å². The minimum absolute atomic E-state index is 0.266. The molecular weight excluding hydrogens is 493 g/mol. The topological polar surface area (TPSA) is 87.2 Å². The molecule has 1 aromatic heterocycles. The van der Waals surface area contributed by atoms with E-state index in [4.69, 9.17) is 9.97 Å². The zero-order valence-corrected chi connectivity index (χ0v) is 22.2. The summed E-state index contributed by atoms with van der Waals surface area (Å²) in [4.78, 5) is 37.5. The molecule has 4 aromatic rings. The van der Waals surface area contributed by atoms with Crippen molar-refractivity contribution in [3.63, 3.8) is 0 Å². The average molecular weight is 526 g/mol. The van der Waals surface area contributed by atoms with E-state index in [2.05, 4.69) is 10.6 Å². The summed E-state index contributed by atoms with van der Waals surface area (Å²) in [6.45, 7) is 0.544. The summed E-state index contributed by atoms with van der Waals surface area (Å²) in [7, 11) is 3.96. The van der Waals surface area contributed by atoms with Crippen LogP contribution in [0.1, 0.15) is 52.0 Å². The summed E-state index contributed by atoms with van der Waals surface area (Å²) in [5.74, 6) is 0.879. The first-order valence-electron chi connectivity index (χ1n) is 13.3. The molecule has 0 aliphatic heterocycles. The monoisotopic (exact) mass is 525 g/mol. The van der Waals surface area contributed by atoms with Crippen LogP contribution in [-0.2, 0) is 0 Å². The van der Waals surface area contributed by atoms with E-state index in [-0.39, 0.29) is 17.7 Å². The molecule has 1 heterocycles. The minimum atomic E-state index is -0.411. The first kappa shape index (κ1) is 26.3. The Balaban J connectivity index is 1.17. The Hall–Kier alpha value is -4.33. The number of rotatable bonds is 8. The third kappa shape index (κ3) is 6.06. The lowest BCUT2D eigenvalue weighted by Gasteiger charge is -2.29. The Morgan fingerprint density at radius 2 is 1.54 bits per heavy atom. The first-order valence-corrected chi connectivity index (χ1v) is 13.3. The van der Waals surface area contributed by atoms with Gasteiger partial charge in [0, 0.05) is 43.2 Å². The van der Waals surface area contributed by atoms with Crippen molar-refractivity contribution in [2.75, 3.05) is 30.9 Å². The number of amides is 1. The Kier molecular flexibility index (Phi) is 7.81. The van der Waals surface area contributed by atoms with Crippen molar-refractivity contribution in [2.24, 2.45) is 5.92 Å². The SMILES string of the molecule is CN(C)c1nc(NC2CCC(CNC(=O)c3ccccc3C(=O)c3ccc(F)cc3)CC2)nc2ccccc12. The second-order valence-electron chi connectivity index (χ2n) is 10.2. The molecular formula is C31H32FN5O2. The molecule has 7 nitrogen and oxygen atoms in total. The summed E-state index contributed by atoms with van der Waals surface area (Å²) < 4.78 is 13.3. The number of nitrogens with one attached hydrogen (secondary N) is 2. The standard InChI is InChI=1S/C31H32FN5O2/c1-37(2)29-26-9-5-6-10-27(26)35-31(36-29)34-23-17-11-20(12-18-23)19-33-30(39)25-8-4-3-7-24(25)28(38)21-13-15-22(32)16-14-21/h3-10,13-16,20,23H,11-12,17-19H2,1-2H3,(H,33,39)(H,34,35,36). The molecule has 1 aliphatic carbocycles. The number of ketones is 1. The lowest BCUT2D eigenvalue weighted by Crippen LogP contribution is -2.34. The van der Waals surface area contributed by atoms with Crippen molar-refractivity contribution in [3.05, 3.63) is 95.3 Å². The van der Waals surface area contributed by atoms with Crippen LogP contribution >= 0.6 is 0 Å². The summed E-state index contributed by atoms with van der Waals surface area (Å²) in [6, 6.07) is 20.4. The molecule has 1 aliphatic rings. The van der Waals surface area contributed by atoms with Crippen molar-refractivity contribution >= 4 is 34.4 Å². The van der Waals surface area contributed by atoms with E-state index in [1.165, 1.54) is 24.3 Å². The van der Waals surface area contributed by atoms with Crippen molar-refractivity contribution in [3.8, 4) is 0 Å². The van der Waals surface area contributed by atoms with E-state index in [0.717, 1.165) is 42.4 Å². The molecule has 0 radical (unpaired) electrons. The summed E-state index contributed by atoms with van der Waals surface area (Å²) in [5, 5.41) is 7.57. The second kappa shape index (κ2) is 11.6.